The summed E-state index contributed by atoms with van der Waals surface area (Å²) in [5, 5.41) is 0. The molecule has 0 amide bonds. The number of benzene rings is 4. The van der Waals surface area contributed by atoms with Gasteiger partial charge in [0.15, 0.2) is 0 Å². The second kappa shape index (κ2) is 10.2. The molecule has 0 fully saturated rings. The third-order valence-corrected chi connectivity index (χ3v) is 8.63. The lowest BCUT2D eigenvalue weighted by molar-refractivity contribution is 0.499. The normalized spacial score (nSPS) is 16.1. The third-order valence-electron chi connectivity index (χ3n) is 6.84. The second-order valence-electron chi connectivity index (χ2n) is 9.75. The first-order chi connectivity index (χ1) is 17.8. The zero-order valence-electron chi connectivity index (χ0n) is 21.4. The summed E-state index contributed by atoms with van der Waals surface area (Å²) in [6.45, 7) is 6.37. The molecule has 0 radical (unpaired) electrons. The van der Waals surface area contributed by atoms with Crippen molar-refractivity contribution < 1.29 is 8.42 Å². The summed E-state index contributed by atoms with van der Waals surface area (Å²) < 4.78 is 30.1. The quantitative estimate of drug-likeness (QED) is 0.281. The van der Waals surface area contributed by atoms with Crippen LogP contribution >= 0.6 is 0 Å². The number of aryl methyl sites for hydroxylation is 3. The predicted molar refractivity (Wildman–Crippen MR) is 153 cm³/mol. The van der Waals surface area contributed by atoms with E-state index in [0.29, 0.717) is 17.1 Å². The number of allylic oxidation sites excluding steroid dienone is 2. The maximum atomic E-state index is 14.2. The molecule has 4 aromatic carbocycles. The minimum atomic E-state index is -3.83. The molecule has 186 valence electrons. The van der Waals surface area contributed by atoms with E-state index in [0.717, 1.165) is 33.4 Å². The van der Waals surface area contributed by atoms with Gasteiger partial charge < -0.3 is 0 Å². The molecular weight excluding hydrogens is 474 g/mol. The van der Waals surface area contributed by atoms with Gasteiger partial charge in [-0.2, -0.15) is 0 Å². The van der Waals surface area contributed by atoms with E-state index in [1.165, 1.54) is 5.56 Å². The van der Waals surface area contributed by atoms with Gasteiger partial charge >= 0.3 is 0 Å². The van der Waals surface area contributed by atoms with Gasteiger partial charge in [0.05, 0.1) is 10.6 Å². The van der Waals surface area contributed by atoms with E-state index >= 15 is 0 Å². The highest BCUT2D eigenvalue weighted by Gasteiger charge is 2.32. The number of hydrogen-bond acceptors (Lipinski definition) is 2. The Balaban J connectivity index is 1.74. The Hall–Kier alpha value is -3.89. The van der Waals surface area contributed by atoms with E-state index in [9.17, 15) is 8.42 Å². The van der Waals surface area contributed by atoms with Crippen molar-refractivity contribution in [1.29, 1.82) is 0 Å². The zero-order valence-corrected chi connectivity index (χ0v) is 22.2. The maximum Gasteiger partial charge on any atom is 0.264 e. The molecule has 0 aliphatic carbocycles. The lowest BCUT2D eigenvalue weighted by Gasteiger charge is -2.29. The van der Waals surface area contributed by atoms with Crippen LogP contribution in [0.25, 0.3) is 11.3 Å². The largest absolute Gasteiger partial charge is 0.265 e. The highest BCUT2D eigenvalue weighted by atomic mass is 32.2. The van der Waals surface area contributed by atoms with Crippen molar-refractivity contribution >= 4 is 21.3 Å². The van der Waals surface area contributed by atoms with E-state index in [4.69, 9.17) is 0 Å². The molecule has 1 heterocycles. The summed E-state index contributed by atoms with van der Waals surface area (Å²) >= 11 is 0. The molecule has 37 heavy (non-hydrogen) atoms. The third kappa shape index (κ3) is 5.30. The van der Waals surface area contributed by atoms with Crippen LogP contribution in [0.5, 0.6) is 0 Å². The highest BCUT2D eigenvalue weighted by molar-refractivity contribution is 7.89. The Kier molecular flexibility index (Phi) is 6.86. The molecule has 1 aliphatic heterocycles. The van der Waals surface area contributed by atoms with Crippen molar-refractivity contribution in [2.45, 2.75) is 31.6 Å². The summed E-state index contributed by atoms with van der Waals surface area (Å²) in [6.07, 6.45) is 4.24. The van der Waals surface area contributed by atoms with Crippen LogP contribution in [0.15, 0.2) is 120 Å². The van der Waals surface area contributed by atoms with E-state index in [2.05, 4.69) is 55.5 Å². The minimum Gasteiger partial charge on any atom is -0.265 e. The molecule has 4 heteroatoms. The van der Waals surface area contributed by atoms with Gasteiger partial charge in [-0.3, -0.25) is 4.31 Å². The molecule has 3 nitrogen and oxygen atoms in total. The number of sulfonamides is 1. The fraction of sp³-hybridized carbons (Fsp3) is 0.152. The average Bonchev–Trinajstić information content (AvgIpc) is 3.11. The molecule has 1 aliphatic rings. The molecule has 1 atom stereocenters. The van der Waals surface area contributed by atoms with E-state index in [-0.39, 0.29) is 5.92 Å². The topological polar surface area (TPSA) is 37.4 Å². The summed E-state index contributed by atoms with van der Waals surface area (Å²) in [5.41, 5.74) is 7.99. The molecule has 0 saturated carbocycles. The van der Waals surface area contributed by atoms with Crippen LogP contribution in [-0.4, -0.2) is 19.3 Å². The molecule has 0 saturated heterocycles. The zero-order chi connectivity index (χ0) is 26.0. The number of hydrogen-bond donors (Lipinski definition) is 0. The van der Waals surface area contributed by atoms with Crippen LogP contribution in [0.1, 0.15) is 39.3 Å². The molecule has 0 spiro atoms. The predicted octanol–water partition coefficient (Wildman–Crippen LogP) is 7.52. The first-order valence-electron chi connectivity index (χ1n) is 12.5. The highest BCUT2D eigenvalue weighted by Crippen LogP contribution is 2.38. The summed E-state index contributed by atoms with van der Waals surface area (Å²) in [6, 6.07) is 33.7. The fourth-order valence-electron chi connectivity index (χ4n) is 4.74. The Bertz CT molecular complexity index is 1570. The van der Waals surface area contributed by atoms with Gasteiger partial charge in [0.25, 0.3) is 10.0 Å². The van der Waals surface area contributed by atoms with Crippen molar-refractivity contribution in [3.05, 3.63) is 149 Å². The van der Waals surface area contributed by atoms with Gasteiger partial charge in [-0.15, -0.1) is 0 Å². The molecule has 1 unspecified atom stereocenters. The summed E-state index contributed by atoms with van der Waals surface area (Å²) in [4.78, 5) is 0.294. The molecule has 5 rings (SSSR count). The maximum absolute atomic E-state index is 14.2. The van der Waals surface area contributed by atoms with Crippen molar-refractivity contribution in [2.75, 3.05) is 6.54 Å². The average molecular weight is 506 g/mol. The summed E-state index contributed by atoms with van der Waals surface area (Å²) in [5.74, 6) is -0.128. The Morgan fingerprint density at radius 1 is 0.676 bits per heavy atom. The van der Waals surface area contributed by atoms with E-state index in [1.54, 1.807) is 16.4 Å². The van der Waals surface area contributed by atoms with Crippen molar-refractivity contribution in [3.63, 3.8) is 0 Å². The lowest BCUT2D eigenvalue weighted by Crippen LogP contribution is -2.32. The van der Waals surface area contributed by atoms with Crippen LogP contribution in [0.4, 0.5) is 0 Å². The summed E-state index contributed by atoms with van der Waals surface area (Å²) in [7, 11) is -3.83. The molecule has 0 N–H and O–H groups in total. The van der Waals surface area contributed by atoms with Crippen LogP contribution in [-0.2, 0) is 10.0 Å². The van der Waals surface area contributed by atoms with Gasteiger partial charge in [0.2, 0.25) is 0 Å². The molecule has 4 aromatic rings. The van der Waals surface area contributed by atoms with E-state index < -0.39 is 10.0 Å². The van der Waals surface area contributed by atoms with Gasteiger partial charge in [0, 0.05) is 12.5 Å². The Labute approximate surface area is 220 Å². The van der Waals surface area contributed by atoms with Gasteiger partial charge in [-0.1, -0.05) is 108 Å². The first-order valence-corrected chi connectivity index (χ1v) is 14.0. The second-order valence-corrected chi connectivity index (χ2v) is 11.6. The molecular formula is C33H31NO2S. The van der Waals surface area contributed by atoms with Crippen LogP contribution < -0.4 is 0 Å². The fourth-order valence-corrected chi connectivity index (χ4v) is 6.25. The Morgan fingerprint density at radius 3 is 1.97 bits per heavy atom. The molecule has 0 bridgehead atoms. The van der Waals surface area contributed by atoms with Crippen molar-refractivity contribution in [2.24, 2.45) is 0 Å². The monoisotopic (exact) mass is 505 g/mol. The van der Waals surface area contributed by atoms with Crippen LogP contribution in [0, 0.1) is 20.8 Å². The van der Waals surface area contributed by atoms with Crippen LogP contribution in [0.3, 0.4) is 0 Å². The van der Waals surface area contributed by atoms with Crippen molar-refractivity contribution in [3.8, 4) is 0 Å². The van der Waals surface area contributed by atoms with Gasteiger partial charge in [0.1, 0.15) is 0 Å². The van der Waals surface area contributed by atoms with Gasteiger partial charge in [-0.25, -0.2) is 8.42 Å². The first kappa shape index (κ1) is 24.8. The lowest BCUT2D eigenvalue weighted by atomic mass is 9.94. The van der Waals surface area contributed by atoms with E-state index in [1.807, 2.05) is 68.5 Å². The number of rotatable bonds is 5. The number of nitrogens with zero attached hydrogens (tertiary/aromatic N) is 1. The Morgan fingerprint density at radius 2 is 1.32 bits per heavy atom. The SMILES string of the molecule is Cc1ccc(C2=CC(c3ccccc3)CN(S(=O)(=O)c3ccc(C)cc3)C(c3cccc(C)c3)=C2)cc1. The van der Waals surface area contributed by atoms with Crippen LogP contribution in [0.2, 0.25) is 0 Å². The van der Waals surface area contributed by atoms with Crippen molar-refractivity contribution in [1.82, 2.24) is 4.31 Å². The smallest absolute Gasteiger partial charge is 0.264 e. The van der Waals surface area contributed by atoms with Gasteiger partial charge in [-0.05, 0) is 67.3 Å². The molecule has 0 aromatic heterocycles. The minimum absolute atomic E-state index is 0.128. The standard InChI is InChI=1S/C33H31NO2S/c1-24-12-16-28(17-13-24)30-21-31(27-9-5-4-6-10-27)23-34(33(22-30)29-11-7-8-26(3)20-29)37(35,36)32-18-14-25(2)15-19-32/h4-22,31H,23H2,1-3H3.